The van der Waals surface area contributed by atoms with Gasteiger partial charge in [0, 0.05) is 0 Å². The Balaban J connectivity index is 0. The normalized spacial score (nSPS) is 8.44. The number of esters is 1. The van der Waals surface area contributed by atoms with E-state index in [1.165, 1.54) is 0 Å². The van der Waals surface area contributed by atoms with Crippen LogP contribution in [0.4, 0.5) is 5.82 Å². The largest absolute Gasteiger partial charge is 0.461 e. The zero-order valence-electron chi connectivity index (χ0n) is 9.02. The summed E-state index contributed by atoms with van der Waals surface area (Å²) in [7, 11) is 0. The Morgan fingerprint density at radius 3 is 2.62 bits per heavy atom. The van der Waals surface area contributed by atoms with Crippen LogP contribution in [0.15, 0.2) is 12.1 Å². The maximum Gasteiger partial charge on any atom is 0.357 e. The van der Waals surface area contributed by atoms with Gasteiger partial charge in [0.15, 0.2) is 5.69 Å². The fraction of sp³-hybridized carbons (Fsp3) is 0.333. The summed E-state index contributed by atoms with van der Waals surface area (Å²) in [5.74, 6) is 5.19. The van der Waals surface area contributed by atoms with Crippen molar-refractivity contribution in [2.45, 2.75) is 13.8 Å². The van der Waals surface area contributed by atoms with E-state index in [0.29, 0.717) is 18.1 Å². The molecule has 0 fully saturated rings. The highest BCUT2D eigenvalue weighted by Crippen LogP contribution is 2.10. The Morgan fingerprint density at radius 2 is 2.12 bits per heavy atom. The van der Waals surface area contributed by atoms with Crippen molar-refractivity contribution in [3.05, 3.63) is 23.4 Å². The van der Waals surface area contributed by atoms with Crippen LogP contribution in [0.25, 0.3) is 0 Å². The molecule has 0 amide bonds. The molecule has 1 heterocycles. The van der Waals surface area contributed by atoms with Gasteiger partial charge in [-0.2, -0.15) is 0 Å². The maximum atomic E-state index is 11.4. The molecule has 16 heavy (non-hydrogen) atoms. The van der Waals surface area contributed by atoms with E-state index in [2.05, 4.69) is 10.4 Å². The summed E-state index contributed by atoms with van der Waals surface area (Å²) in [6.45, 7) is 3.87. The van der Waals surface area contributed by atoms with Crippen LogP contribution in [0.2, 0.25) is 0 Å². The monoisotopic (exact) mass is 267 g/mol. The number of halogens is 2. The molecule has 1 aromatic heterocycles. The highest BCUT2D eigenvalue weighted by Gasteiger charge is 2.12. The summed E-state index contributed by atoms with van der Waals surface area (Å²) in [6.07, 6.45) is 0. The van der Waals surface area contributed by atoms with Gasteiger partial charge < -0.3 is 10.2 Å². The first-order chi connectivity index (χ1) is 6.69. The first-order valence-electron chi connectivity index (χ1n) is 4.30. The van der Waals surface area contributed by atoms with E-state index < -0.39 is 5.97 Å². The van der Waals surface area contributed by atoms with Crippen molar-refractivity contribution in [3.63, 3.8) is 0 Å². The highest BCUT2D eigenvalue weighted by molar-refractivity contribution is 5.89. The number of nitrogen functional groups attached to an aromatic ring is 1. The van der Waals surface area contributed by atoms with Gasteiger partial charge in [-0.05, 0) is 25.5 Å². The molecule has 3 N–H and O–H groups in total. The minimum Gasteiger partial charge on any atom is -0.461 e. The van der Waals surface area contributed by atoms with Gasteiger partial charge in [0.1, 0.15) is 5.82 Å². The third-order valence-electron chi connectivity index (χ3n) is 1.71. The lowest BCUT2D eigenvalue weighted by Crippen LogP contribution is -2.14. The average Bonchev–Trinajstić information content (AvgIpc) is 2.19. The SMILES string of the molecule is CCOC(=O)c1nc(NN)ccc1C.Cl.Cl. The molecule has 0 aliphatic heterocycles. The van der Waals surface area contributed by atoms with Gasteiger partial charge in [-0.1, -0.05) is 6.07 Å². The predicted octanol–water partition coefficient (Wildman–Crippen LogP) is 1.70. The molecule has 0 atom stereocenters. The second-order valence-electron chi connectivity index (χ2n) is 2.73. The Labute approximate surface area is 107 Å². The number of rotatable bonds is 3. The predicted molar refractivity (Wildman–Crippen MR) is 67.2 cm³/mol. The van der Waals surface area contributed by atoms with Gasteiger partial charge in [0.05, 0.1) is 6.61 Å². The minimum atomic E-state index is -0.429. The summed E-state index contributed by atoms with van der Waals surface area (Å²) in [5.41, 5.74) is 3.43. The number of carbonyl (C=O) groups is 1. The number of nitrogens with two attached hydrogens (primary N) is 1. The minimum absolute atomic E-state index is 0. The lowest BCUT2D eigenvalue weighted by atomic mass is 10.2. The zero-order valence-corrected chi connectivity index (χ0v) is 10.7. The van der Waals surface area contributed by atoms with Gasteiger partial charge in [0.25, 0.3) is 0 Å². The molecule has 0 spiro atoms. The number of hydrogen-bond donors (Lipinski definition) is 2. The topological polar surface area (TPSA) is 77.2 Å². The molecule has 0 saturated heterocycles. The molecule has 0 bridgehead atoms. The van der Waals surface area contributed by atoms with Gasteiger partial charge in [-0.25, -0.2) is 15.6 Å². The molecule has 0 radical (unpaired) electrons. The number of carbonyl (C=O) groups excluding carboxylic acids is 1. The first-order valence-corrected chi connectivity index (χ1v) is 4.30. The number of anilines is 1. The third-order valence-corrected chi connectivity index (χ3v) is 1.71. The smallest absolute Gasteiger partial charge is 0.357 e. The van der Waals surface area contributed by atoms with Crippen LogP contribution in [0.3, 0.4) is 0 Å². The van der Waals surface area contributed by atoms with Gasteiger partial charge in [-0.15, -0.1) is 24.8 Å². The number of pyridine rings is 1. The van der Waals surface area contributed by atoms with Crippen LogP contribution in [-0.4, -0.2) is 17.6 Å². The third kappa shape index (κ3) is 4.22. The molecule has 0 unspecified atom stereocenters. The number of aromatic nitrogens is 1. The summed E-state index contributed by atoms with van der Waals surface area (Å²) in [4.78, 5) is 15.4. The highest BCUT2D eigenvalue weighted by atomic mass is 35.5. The standard InChI is InChI=1S/C9H13N3O2.2ClH/c1-3-14-9(13)8-6(2)4-5-7(11-8)12-10;;/h4-5H,3,10H2,1-2H3,(H,11,12);2*1H. The Morgan fingerprint density at radius 1 is 1.50 bits per heavy atom. The van der Waals surface area contributed by atoms with E-state index in [9.17, 15) is 4.79 Å². The van der Waals surface area contributed by atoms with Gasteiger partial charge >= 0.3 is 5.97 Å². The summed E-state index contributed by atoms with van der Waals surface area (Å²) in [6, 6.07) is 3.45. The molecule has 1 aromatic rings. The molecule has 5 nitrogen and oxygen atoms in total. The van der Waals surface area contributed by atoms with Crippen LogP contribution in [-0.2, 0) is 4.74 Å². The fourth-order valence-corrected chi connectivity index (χ4v) is 1.02. The lowest BCUT2D eigenvalue weighted by Gasteiger charge is -2.06. The van der Waals surface area contributed by atoms with Crippen LogP contribution in [0.5, 0.6) is 0 Å². The Kier molecular flexibility index (Phi) is 8.84. The number of ether oxygens (including phenoxy) is 1. The van der Waals surface area contributed by atoms with Crippen molar-refractivity contribution in [1.82, 2.24) is 4.98 Å². The lowest BCUT2D eigenvalue weighted by molar-refractivity contribution is 0.0518. The van der Waals surface area contributed by atoms with E-state index in [1.54, 1.807) is 26.0 Å². The van der Waals surface area contributed by atoms with Gasteiger partial charge in [-0.3, -0.25) is 0 Å². The van der Waals surface area contributed by atoms with E-state index in [-0.39, 0.29) is 24.8 Å². The van der Waals surface area contributed by atoms with Crippen molar-refractivity contribution in [2.24, 2.45) is 5.84 Å². The van der Waals surface area contributed by atoms with E-state index in [1.807, 2.05) is 0 Å². The number of nitrogens with zero attached hydrogens (tertiary/aromatic N) is 1. The molecule has 7 heteroatoms. The Bertz CT molecular complexity index is 348. The molecular weight excluding hydrogens is 253 g/mol. The molecular formula is C9H15Cl2N3O2. The van der Waals surface area contributed by atoms with Crippen molar-refractivity contribution >= 4 is 36.6 Å². The number of aryl methyl sites for hydroxylation is 1. The number of hydrogen-bond acceptors (Lipinski definition) is 5. The van der Waals surface area contributed by atoms with Crippen LogP contribution < -0.4 is 11.3 Å². The van der Waals surface area contributed by atoms with Crippen molar-refractivity contribution < 1.29 is 9.53 Å². The second kappa shape index (κ2) is 8.15. The maximum absolute atomic E-state index is 11.4. The molecule has 1 rings (SSSR count). The molecule has 0 aliphatic carbocycles. The van der Waals surface area contributed by atoms with Crippen molar-refractivity contribution in [3.8, 4) is 0 Å². The summed E-state index contributed by atoms with van der Waals surface area (Å²) >= 11 is 0. The zero-order chi connectivity index (χ0) is 10.6. The fourth-order valence-electron chi connectivity index (χ4n) is 1.02. The molecule has 0 aliphatic rings. The second-order valence-corrected chi connectivity index (χ2v) is 2.73. The van der Waals surface area contributed by atoms with Crippen LogP contribution in [0.1, 0.15) is 23.0 Å². The van der Waals surface area contributed by atoms with E-state index in [4.69, 9.17) is 10.6 Å². The molecule has 0 aromatic carbocycles. The van der Waals surface area contributed by atoms with Crippen molar-refractivity contribution in [2.75, 3.05) is 12.0 Å². The van der Waals surface area contributed by atoms with E-state index in [0.717, 1.165) is 5.56 Å². The summed E-state index contributed by atoms with van der Waals surface area (Å²) in [5, 5.41) is 0. The van der Waals surface area contributed by atoms with Crippen molar-refractivity contribution in [1.29, 1.82) is 0 Å². The number of nitrogens with one attached hydrogen (secondary N) is 1. The quantitative estimate of drug-likeness (QED) is 0.495. The van der Waals surface area contributed by atoms with Crippen LogP contribution in [0, 0.1) is 6.92 Å². The first kappa shape index (κ1) is 17.4. The Hall–Kier alpha value is -1.04. The number of hydrazine groups is 1. The average molecular weight is 268 g/mol. The molecule has 0 saturated carbocycles. The van der Waals surface area contributed by atoms with Gasteiger partial charge in [0.2, 0.25) is 0 Å². The summed E-state index contributed by atoms with van der Waals surface area (Å²) < 4.78 is 4.84. The van der Waals surface area contributed by atoms with Crippen LogP contribution >= 0.6 is 24.8 Å². The van der Waals surface area contributed by atoms with E-state index >= 15 is 0 Å². The molecule has 92 valence electrons.